The highest BCUT2D eigenvalue weighted by Crippen LogP contribution is 2.12. The Labute approximate surface area is 94.5 Å². The lowest BCUT2D eigenvalue weighted by molar-refractivity contribution is 0.486. The summed E-state index contributed by atoms with van der Waals surface area (Å²) in [5.41, 5.74) is 1.14. The maximum absolute atomic E-state index is 5.40. The van der Waals surface area contributed by atoms with Gasteiger partial charge in [0.2, 0.25) is 0 Å². The molecule has 0 amide bonds. The predicted octanol–water partition coefficient (Wildman–Crippen LogP) is 1.26. The summed E-state index contributed by atoms with van der Waals surface area (Å²) >= 11 is 0. The highest BCUT2D eigenvalue weighted by molar-refractivity contribution is 5.17. The molecule has 0 aliphatic carbocycles. The first kappa shape index (κ1) is 10.9. The molecule has 0 saturated heterocycles. The molecule has 2 rings (SSSR count). The predicted molar refractivity (Wildman–Crippen MR) is 60.1 cm³/mol. The number of nitrogens with zero attached hydrogens (tertiary/aromatic N) is 3. The number of rotatable bonds is 4. The zero-order valence-electron chi connectivity index (χ0n) is 9.82. The molecule has 1 N–H and O–H groups in total. The Morgan fingerprint density at radius 2 is 2.25 bits per heavy atom. The van der Waals surface area contributed by atoms with Gasteiger partial charge in [0, 0.05) is 5.56 Å². The quantitative estimate of drug-likeness (QED) is 0.842. The van der Waals surface area contributed by atoms with Gasteiger partial charge in [-0.3, -0.25) is 0 Å². The third-order valence-electron chi connectivity index (χ3n) is 2.46. The molecule has 2 aromatic rings. The maximum Gasteiger partial charge on any atom is 0.147 e. The molecule has 0 atom stereocenters. The van der Waals surface area contributed by atoms with Crippen LogP contribution in [-0.4, -0.2) is 21.8 Å². The summed E-state index contributed by atoms with van der Waals surface area (Å²) in [5, 5.41) is 7.41. The topological polar surface area (TPSA) is 55.9 Å². The van der Waals surface area contributed by atoms with E-state index in [1.807, 2.05) is 31.6 Å². The third kappa shape index (κ3) is 2.14. The largest absolute Gasteiger partial charge is 0.468 e. The number of hydrogen-bond donors (Lipinski definition) is 1. The number of hydrogen-bond acceptors (Lipinski definition) is 4. The molecule has 0 bridgehead atoms. The van der Waals surface area contributed by atoms with E-state index in [4.69, 9.17) is 4.42 Å². The molecule has 0 aliphatic rings. The number of aryl methyl sites for hydroxylation is 2. The molecular formula is C11H16N4O. The van der Waals surface area contributed by atoms with Crippen LogP contribution < -0.4 is 5.32 Å². The smallest absolute Gasteiger partial charge is 0.147 e. The van der Waals surface area contributed by atoms with Gasteiger partial charge in [-0.1, -0.05) is 0 Å². The van der Waals surface area contributed by atoms with Gasteiger partial charge < -0.3 is 9.73 Å². The second-order valence-corrected chi connectivity index (χ2v) is 3.76. The van der Waals surface area contributed by atoms with Gasteiger partial charge >= 0.3 is 0 Å². The monoisotopic (exact) mass is 220 g/mol. The Hall–Kier alpha value is -1.62. The SMILES string of the molecule is CNCc1occc1Cn1nc(C)nc1C. The summed E-state index contributed by atoms with van der Waals surface area (Å²) in [6.45, 7) is 5.29. The highest BCUT2D eigenvalue weighted by Gasteiger charge is 2.09. The molecule has 2 heterocycles. The van der Waals surface area contributed by atoms with E-state index in [1.165, 1.54) is 0 Å². The molecule has 0 aromatic carbocycles. The molecule has 2 aromatic heterocycles. The van der Waals surface area contributed by atoms with Crippen molar-refractivity contribution in [1.82, 2.24) is 20.1 Å². The Morgan fingerprint density at radius 3 is 2.88 bits per heavy atom. The van der Waals surface area contributed by atoms with Crippen LogP contribution in [0, 0.1) is 13.8 Å². The fourth-order valence-corrected chi connectivity index (χ4v) is 1.70. The van der Waals surface area contributed by atoms with Crippen molar-refractivity contribution >= 4 is 0 Å². The normalized spacial score (nSPS) is 10.9. The molecule has 5 nitrogen and oxygen atoms in total. The first-order valence-corrected chi connectivity index (χ1v) is 5.28. The average Bonchev–Trinajstić information content (AvgIpc) is 2.77. The van der Waals surface area contributed by atoms with Gasteiger partial charge in [0.15, 0.2) is 0 Å². The molecule has 0 spiro atoms. The van der Waals surface area contributed by atoms with Crippen LogP contribution in [0.1, 0.15) is 23.0 Å². The fourth-order valence-electron chi connectivity index (χ4n) is 1.70. The number of nitrogens with one attached hydrogen (secondary N) is 1. The summed E-state index contributed by atoms with van der Waals surface area (Å²) in [7, 11) is 1.90. The van der Waals surface area contributed by atoms with Gasteiger partial charge in [-0.2, -0.15) is 5.10 Å². The molecule has 86 valence electrons. The van der Waals surface area contributed by atoms with Crippen molar-refractivity contribution in [3.05, 3.63) is 35.3 Å². The lowest BCUT2D eigenvalue weighted by atomic mass is 10.2. The Bertz CT molecular complexity index is 472. The summed E-state index contributed by atoms with van der Waals surface area (Å²) in [5.74, 6) is 2.68. The van der Waals surface area contributed by atoms with Gasteiger partial charge in [-0.15, -0.1) is 0 Å². The minimum atomic E-state index is 0.709. The van der Waals surface area contributed by atoms with Crippen LogP contribution in [-0.2, 0) is 13.1 Å². The average molecular weight is 220 g/mol. The second kappa shape index (κ2) is 4.49. The molecule has 0 fully saturated rings. The Balaban J connectivity index is 2.20. The van der Waals surface area contributed by atoms with E-state index < -0.39 is 0 Å². The summed E-state index contributed by atoms with van der Waals surface area (Å²) in [4.78, 5) is 4.27. The molecule has 0 saturated carbocycles. The molecule has 5 heteroatoms. The Kier molecular flexibility index (Phi) is 3.05. The van der Waals surface area contributed by atoms with E-state index in [9.17, 15) is 0 Å². The van der Waals surface area contributed by atoms with Crippen LogP contribution in [0.25, 0.3) is 0 Å². The van der Waals surface area contributed by atoms with E-state index in [2.05, 4.69) is 15.4 Å². The molecule has 0 unspecified atom stereocenters. The van der Waals surface area contributed by atoms with Crippen LogP contribution in [0.3, 0.4) is 0 Å². The summed E-state index contributed by atoms with van der Waals surface area (Å²) < 4.78 is 7.29. The van der Waals surface area contributed by atoms with Gasteiger partial charge in [0.25, 0.3) is 0 Å². The van der Waals surface area contributed by atoms with E-state index in [1.54, 1.807) is 6.26 Å². The summed E-state index contributed by atoms with van der Waals surface area (Å²) in [6, 6.07) is 1.98. The van der Waals surface area contributed by atoms with Gasteiger partial charge in [0.1, 0.15) is 17.4 Å². The van der Waals surface area contributed by atoms with Crippen molar-refractivity contribution in [2.75, 3.05) is 7.05 Å². The first-order valence-electron chi connectivity index (χ1n) is 5.28. The molecular weight excluding hydrogens is 204 g/mol. The fraction of sp³-hybridized carbons (Fsp3) is 0.455. The van der Waals surface area contributed by atoms with Crippen molar-refractivity contribution in [1.29, 1.82) is 0 Å². The zero-order valence-corrected chi connectivity index (χ0v) is 9.82. The van der Waals surface area contributed by atoms with E-state index in [0.717, 1.165) is 29.5 Å². The van der Waals surface area contributed by atoms with Gasteiger partial charge in [-0.05, 0) is 27.0 Å². The second-order valence-electron chi connectivity index (χ2n) is 3.76. The van der Waals surface area contributed by atoms with Crippen LogP contribution in [0.15, 0.2) is 16.7 Å². The minimum Gasteiger partial charge on any atom is -0.468 e. The lowest BCUT2D eigenvalue weighted by Gasteiger charge is -2.03. The summed E-state index contributed by atoms with van der Waals surface area (Å²) in [6.07, 6.45) is 1.71. The van der Waals surface area contributed by atoms with Crippen molar-refractivity contribution in [3.8, 4) is 0 Å². The van der Waals surface area contributed by atoms with Crippen molar-refractivity contribution in [3.63, 3.8) is 0 Å². The Morgan fingerprint density at radius 1 is 1.44 bits per heavy atom. The van der Waals surface area contributed by atoms with E-state index >= 15 is 0 Å². The molecule has 0 aliphatic heterocycles. The van der Waals surface area contributed by atoms with E-state index in [-0.39, 0.29) is 0 Å². The van der Waals surface area contributed by atoms with Crippen molar-refractivity contribution in [2.45, 2.75) is 26.9 Å². The van der Waals surface area contributed by atoms with Crippen molar-refractivity contribution in [2.24, 2.45) is 0 Å². The van der Waals surface area contributed by atoms with Crippen LogP contribution in [0.5, 0.6) is 0 Å². The lowest BCUT2D eigenvalue weighted by Crippen LogP contribution is -2.09. The number of furan rings is 1. The van der Waals surface area contributed by atoms with Crippen LogP contribution >= 0.6 is 0 Å². The van der Waals surface area contributed by atoms with Crippen molar-refractivity contribution < 1.29 is 4.42 Å². The zero-order chi connectivity index (χ0) is 11.5. The van der Waals surface area contributed by atoms with Crippen LogP contribution in [0.4, 0.5) is 0 Å². The van der Waals surface area contributed by atoms with E-state index in [0.29, 0.717) is 6.54 Å². The minimum absolute atomic E-state index is 0.709. The molecule has 0 radical (unpaired) electrons. The number of aromatic nitrogens is 3. The first-order chi connectivity index (χ1) is 7.70. The maximum atomic E-state index is 5.40. The van der Waals surface area contributed by atoms with Gasteiger partial charge in [0.05, 0.1) is 19.4 Å². The molecule has 16 heavy (non-hydrogen) atoms. The third-order valence-corrected chi connectivity index (χ3v) is 2.46. The standard InChI is InChI=1S/C11H16N4O/c1-8-13-9(2)15(14-8)7-10-4-5-16-11(10)6-12-3/h4-5,12H,6-7H2,1-3H3. The van der Waals surface area contributed by atoms with Gasteiger partial charge in [-0.25, -0.2) is 9.67 Å². The highest BCUT2D eigenvalue weighted by atomic mass is 16.3. The van der Waals surface area contributed by atoms with Crippen LogP contribution in [0.2, 0.25) is 0 Å².